The van der Waals surface area contributed by atoms with Crippen molar-refractivity contribution >= 4 is 11.6 Å². The van der Waals surface area contributed by atoms with Gasteiger partial charge < -0.3 is 10.2 Å². The van der Waals surface area contributed by atoms with Crippen LogP contribution in [0.5, 0.6) is 0 Å². The molecule has 0 saturated carbocycles. The van der Waals surface area contributed by atoms with Gasteiger partial charge in [0.1, 0.15) is 0 Å². The van der Waals surface area contributed by atoms with Crippen molar-refractivity contribution in [1.29, 1.82) is 0 Å². The molecule has 1 heterocycles. The Morgan fingerprint density at radius 2 is 2.00 bits per heavy atom. The van der Waals surface area contributed by atoms with E-state index in [1.165, 1.54) is 12.1 Å². The lowest BCUT2D eigenvalue weighted by Crippen LogP contribution is -2.40. The maximum atomic E-state index is 12.6. The van der Waals surface area contributed by atoms with Crippen molar-refractivity contribution in [2.45, 2.75) is 25.9 Å². The Morgan fingerprint density at radius 3 is 2.62 bits per heavy atom. The number of carbonyl (C=O) groups excluding carboxylic acids is 1. The molecule has 0 aliphatic carbocycles. The zero-order valence-electron chi connectivity index (χ0n) is 11.9. The molecule has 0 spiro atoms. The van der Waals surface area contributed by atoms with Gasteiger partial charge in [-0.25, -0.2) is 0 Å². The maximum absolute atomic E-state index is 12.6. The first-order valence-corrected chi connectivity index (χ1v) is 7.05. The van der Waals surface area contributed by atoms with Gasteiger partial charge in [0.2, 0.25) is 5.91 Å². The van der Waals surface area contributed by atoms with Gasteiger partial charge in [0, 0.05) is 18.8 Å². The number of hydrogen-bond acceptors (Lipinski definition) is 2. The van der Waals surface area contributed by atoms with E-state index >= 15 is 0 Å². The second-order valence-corrected chi connectivity index (χ2v) is 5.50. The van der Waals surface area contributed by atoms with Gasteiger partial charge in [0.15, 0.2) is 0 Å². The molecule has 0 atom stereocenters. The van der Waals surface area contributed by atoms with Crippen molar-refractivity contribution in [2.24, 2.45) is 5.92 Å². The van der Waals surface area contributed by atoms with E-state index in [1.54, 1.807) is 4.90 Å². The molecule has 3 nitrogen and oxygen atoms in total. The number of piperidine rings is 1. The van der Waals surface area contributed by atoms with E-state index in [2.05, 4.69) is 12.2 Å². The Bertz CT molecular complexity index is 494. The van der Waals surface area contributed by atoms with E-state index in [4.69, 9.17) is 0 Å². The molecular formula is C15H19F3N2O. The molecule has 1 aliphatic rings. The molecule has 6 heteroatoms. The van der Waals surface area contributed by atoms with Crippen LogP contribution in [-0.4, -0.2) is 30.4 Å². The van der Waals surface area contributed by atoms with Crippen LogP contribution in [0.3, 0.4) is 0 Å². The summed E-state index contributed by atoms with van der Waals surface area (Å²) in [6.45, 7) is 3.63. The molecule has 1 aromatic rings. The third-order valence-electron chi connectivity index (χ3n) is 3.77. The summed E-state index contributed by atoms with van der Waals surface area (Å²) in [6.07, 6.45) is -2.41. The quantitative estimate of drug-likeness (QED) is 0.928. The van der Waals surface area contributed by atoms with E-state index in [9.17, 15) is 18.0 Å². The number of halogens is 3. The molecule has 2 rings (SSSR count). The van der Waals surface area contributed by atoms with Crippen molar-refractivity contribution in [1.82, 2.24) is 4.90 Å². The number of amides is 1. The van der Waals surface area contributed by atoms with Crippen LogP contribution in [0, 0.1) is 5.92 Å². The largest absolute Gasteiger partial charge is 0.416 e. The monoisotopic (exact) mass is 300 g/mol. The summed E-state index contributed by atoms with van der Waals surface area (Å²) in [6, 6.07) is 4.89. The van der Waals surface area contributed by atoms with Crippen LogP contribution in [0.1, 0.15) is 25.3 Å². The van der Waals surface area contributed by atoms with Gasteiger partial charge in [-0.2, -0.15) is 13.2 Å². The summed E-state index contributed by atoms with van der Waals surface area (Å²) >= 11 is 0. The molecule has 0 radical (unpaired) electrons. The molecule has 116 valence electrons. The Labute approximate surface area is 122 Å². The van der Waals surface area contributed by atoms with Crippen LogP contribution in [-0.2, 0) is 11.0 Å². The van der Waals surface area contributed by atoms with Crippen molar-refractivity contribution in [3.63, 3.8) is 0 Å². The van der Waals surface area contributed by atoms with E-state index < -0.39 is 11.7 Å². The molecule has 1 aliphatic heterocycles. The molecule has 1 fully saturated rings. The average Bonchev–Trinajstić information content (AvgIpc) is 2.45. The lowest BCUT2D eigenvalue weighted by molar-refractivity contribution is -0.137. The second-order valence-electron chi connectivity index (χ2n) is 5.50. The number of anilines is 1. The Balaban J connectivity index is 1.89. The number of rotatable bonds is 3. The smallest absolute Gasteiger partial charge is 0.376 e. The highest BCUT2D eigenvalue weighted by atomic mass is 19.4. The van der Waals surface area contributed by atoms with Crippen LogP contribution < -0.4 is 5.32 Å². The van der Waals surface area contributed by atoms with Crippen LogP contribution in [0.2, 0.25) is 0 Å². The van der Waals surface area contributed by atoms with Crippen LogP contribution in [0.4, 0.5) is 18.9 Å². The first-order chi connectivity index (χ1) is 9.86. The van der Waals surface area contributed by atoms with Crippen molar-refractivity contribution in [3.05, 3.63) is 29.8 Å². The molecule has 1 amide bonds. The number of benzene rings is 1. The number of hydrogen-bond donors (Lipinski definition) is 1. The second kappa shape index (κ2) is 6.37. The molecule has 1 aromatic carbocycles. The summed E-state index contributed by atoms with van der Waals surface area (Å²) < 4.78 is 37.8. The first kappa shape index (κ1) is 15.7. The summed E-state index contributed by atoms with van der Waals surface area (Å²) in [5.74, 6) is 0.560. The SMILES string of the molecule is CC1CCN(C(=O)CNc2cccc(C(F)(F)F)c2)CC1. The lowest BCUT2D eigenvalue weighted by atomic mass is 9.99. The molecule has 0 unspecified atom stereocenters. The Hall–Kier alpha value is -1.72. The number of carbonyl (C=O) groups is 1. The van der Waals surface area contributed by atoms with Gasteiger partial charge >= 0.3 is 6.18 Å². The number of alkyl halides is 3. The molecule has 1 saturated heterocycles. The van der Waals surface area contributed by atoms with Gasteiger partial charge in [0.25, 0.3) is 0 Å². The predicted octanol–water partition coefficient (Wildman–Crippen LogP) is 3.38. The summed E-state index contributed by atoms with van der Waals surface area (Å²) in [4.78, 5) is 13.8. The zero-order valence-corrected chi connectivity index (χ0v) is 11.9. The van der Waals surface area contributed by atoms with Crippen LogP contribution >= 0.6 is 0 Å². The van der Waals surface area contributed by atoms with Gasteiger partial charge in [-0.1, -0.05) is 13.0 Å². The van der Waals surface area contributed by atoms with Crippen LogP contribution in [0.25, 0.3) is 0 Å². The summed E-state index contributed by atoms with van der Waals surface area (Å²) in [5.41, 5.74) is -0.407. The summed E-state index contributed by atoms with van der Waals surface area (Å²) in [7, 11) is 0. The van der Waals surface area contributed by atoms with Crippen LogP contribution in [0.15, 0.2) is 24.3 Å². The van der Waals surface area contributed by atoms with E-state index in [0.29, 0.717) is 11.6 Å². The number of likely N-dealkylation sites (tertiary alicyclic amines) is 1. The van der Waals surface area contributed by atoms with Crippen molar-refractivity contribution < 1.29 is 18.0 Å². The Morgan fingerprint density at radius 1 is 1.33 bits per heavy atom. The van der Waals surface area contributed by atoms with E-state index in [1.807, 2.05) is 0 Å². The van der Waals surface area contributed by atoms with E-state index in [-0.39, 0.29) is 12.5 Å². The van der Waals surface area contributed by atoms with Gasteiger partial charge in [-0.05, 0) is 37.0 Å². The first-order valence-electron chi connectivity index (χ1n) is 7.05. The minimum Gasteiger partial charge on any atom is -0.376 e. The molecule has 0 aromatic heterocycles. The third kappa shape index (κ3) is 4.37. The van der Waals surface area contributed by atoms with Crippen molar-refractivity contribution in [2.75, 3.05) is 25.0 Å². The fourth-order valence-electron chi connectivity index (χ4n) is 2.35. The topological polar surface area (TPSA) is 32.3 Å². The fraction of sp³-hybridized carbons (Fsp3) is 0.533. The fourth-order valence-corrected chi connectivity index (χ4v) is 2.35. The highest BCUT2D eigenvalue weighted by Gasteiger charge is 2.30. The zero-order chi connectivity index (χ0) is 15.5. The average molecular weight is 300 g/mol. The summed E-state index contributed by atoms with van der Waals surface area (Å²) in [5, 5.41) is 2.77. The maximum Gasteiger partial charge on any atom is 0.416 e. The van der Waals surface area contributed by atoms with E-state index in [0.717, 1.165) is 38.1 Å². The third-order valence-corrected chi connectivity index (χ3v) is 3.77. The number of nitrogens with zero attached hydrogens (tertiary/aromatic N) is 1. The normalized spacial score (nSPS) is 16.9. The van der Waals surface area contributed by atoms with Gasteiger partial charge in [0.05, 0.1) is 12.1 Å². The van der Waals surface area contributed by atoms with Gasteiger partial charge in [-0.3, -0.25) is 4.79 Å². The van der Waals surface area contributed by atoms with Gasteiger partial charge in [-0.15, -0.1) is 0 Å². The minimum absolute atomic E-state index is 0.0235. The molecule has 1 N–H and O–H groups in total. The predicted molar refractivity (Wildman–Crippen MR) is 74.9 cm³/mol. The van der Waals surface area contributed by atoms with Crippen molar-refractivity contribution in [3.8, 4) is 0 Å². The highest BCUT2D eigenvalue weighted by Crippen LogP contribution is 2.30. The minimum atomic E-state index is -4.37. The molecule has 0 bridgehead atoms. The standard InChI is InChI=1S/C15H19F3N2O/c1-11-5-7-20(8-6-11)14(21)10-19-13-4-2-3-12(9-13)15(16,17)18/h2-4,9,11,19H,5-8,10H2,1H3. The molecular weight excluding hydrogens is 281 g/mol. The molecule has 21 heavy (non-hydrogen) atoms. The lowest BCUT2D eigenvalue weighted by Gasteiger charge is -2.30. The highest BCUT2D eigenvalue weighted by molar-refractivity contribution is 5.81. The Kier molecular flexibility index (Phi) is 4.75. The number of nitrogens with one attached hydrogen (secondary N) is 1.